The van der Waals surface area contributed by atoms with Crippen molar-refractivity contribution < 1.29 is 14.7 Å². The fourth-order valence-corrected chi connectivity index (χ4v) is 3.07. The second-order valence-corrected chi connectivity index (χ2v) is 6.43. The lowest BCUT2D eigenvalue weighted by molar-refractivity contribution is -0.138. The summed E-state index contributed by atoms with van der Waals surface area (Å²) >= 11 is 18.9. The van der Waals surface area contributed by atoms with Gasteiger partial charge in [0.2, 0.25) is 5.91 Å². The number of rotatable bonds is 7. The first-order valence-electron chi connectivity index (χ1n) is 5.81. The first kappa shape index (κ1) is 18.4. The number of carboxylic acids is 1. The van der Waals surface area contributed by atoms with E-state index in [0.29, 0.717) is 16.5 Å². The zero-order valence-corrected chi connectivity index (χ0v) is 13.8. The van der Waals surface area contributed by atoms with Crippen LogP contribution in [0.3, 0.4) is 0 Å². The van der Waals surface area contributed by atoms with Crippen LogP contribution in [0.15, 0.2) is 12.1 Å². The third-order valence-corrected chi connectivity index (χ3v) is 4.20. The zero-order valence-electron chi connectivity index (χ0n) is 10.7. The molecular weight excluding hydrogens is 359 g/mol. The summed E-state index contributed by atoms with van der Waals surface area (Å²) in [5.74, 6) is -0.750. The van der Waals surface area contributed by atoms with Crippen molar-refractivity contribution in [3.63, 3.8) is 0 Å². The molecule has 21 heavy (non-hydrogen) atoms. The molecule has 0 spiro atoms. The summed E-state index contributed by atoms with van der Waals surface area (Å²) in [6, 6.07) is 2.04. The normalized spacial score (nSPS) is 12.0. The number of benzene rings is 1. The molecule has 1 rings (SSSR count). The summed E-state index contributed by atoms with van der Waals surface area (Å²) < 4.78 is 0. The Morgan fingerprint density at radius 1 is 1.29 bits per heavy atom. The topological polar surface area (TPSA) is 92.4 Å². The minimum absolute atomic E-state index is 0.140. The molecule has 1 aromatic carbocycles. The number of carboxylic acid groups (broad SMARTS) is 1. The maximum Gasteiger partial charge on any atom is 0.320 e. The van der Waals surface area contributed by atoms with Gasteiger partial charge in [-0.25, -0.2) is 0 Å². The van der Waals surface area contributed by atoms with Crippen molar-refractivity contribution in [3.05, 3.63) is 27.2 Å². The van der Waals surface area contributed by atoms with Crippen molar-refractivity contribution in [2.45, 2.75) is 12.5 Å². The van der Waals surface area contributed by atoms with E-state index in [9.17, 15) is 9.59 Å². The highest BCUT2D eigenvalue weighted by Gasteiger charge is 2.13. The molecule has 1 atom stereocenters. The molecule has 5 nitrogen and oxygen atoms in total. The van der Waals surface area contributed by atoms with Gasteiger partial charge < -0.3 is 16.2 Å². The molecule has 9 heteroatoms. The number of hydrogen-bond acceptors (Lipinski definition) is 4. The Balaban J connectivity index is 2.43. The van der Waals surface area contributed by atoms with Crippen LogP contribution in [-0.2, 0) is 9.59 Å². The van der Waals surface area contributed by atoms with Crippen LogP contribution >= 0.6 is 46.6 Å². The van der Waals surface area contributed by atoms with Crippen molar-refractivity contribution in [3.8, 4) is 0 Å². The van der Waals surface area contributed by atoms with Gasteiger partial charge in [0, 0.05) is 5.02 Å². The van der Waals surface area contributed by atoms with E-state index < -0.39 is 12.0 Å². The average molecular weight is 372 g/mol. The van der Waals surface area contributed by atoms with Crippen LogP contribution in [0.2, 0.25) is 15.1 Å². The number of carbonyl (C=O) groups is 2. The second kappa shape index (κ2) is 8.70. The maximum absolute atomic E-state index is 11.8. The predicted octanol–water partition coefficient (Wildman–Crippen LogP) is 3.12. The summed E-state index contributed by atoms with van der Waals surface area (Å²) in [7, 11) is 0. The lowest BCUT2D eigenvalue weighted by atomic mass is 10.2. The molecule has 0 aliphatic rings. The molecule has 116 valence electrons. The largest absolute Gasteiger partial charge is 0.480 e. The number of nitrogens with one attached hydrogen (secondary N) is 1. The van der Waals surface area contributed by atoms with Crippen molar-refractivity contribution in [1.29, 1.82) is 0 Å². The molecule has 0 aliphatic heterocycles. The Hall–Kier alpha value is -0.660. The molecule has 0 aliphatic carbocycles. The SMILES string of the molecule is NC(CCSCC(=O)Nc1c(Cl)cc(Cl)cc1Cl)C(=O)O. The highest BCUT2D eigenvalue weighted by atomic mass is 35.5. The number of thioether (sulfide) groups is 1. The smallest absolute Gasteiger partial charge is 0.320 e. The van der Waals surface area contributed by atoms with E-state index >= 15 is 0 Å². The van der Waals surface area contributed by atoms with Crippen LogP contribution in [0.25, 0.3) is 0 Å². The molecule has 0 bridgehead atoms. The molecule has 1 unspecified atom stereocenters. The highest BCUT2D eigenvalue weighted by molar-refractivity contribution is 7.99. The van der Waals surface area contributed by atoms with Gasteiger partial charge >= 0.3 is 5.97 Å². The Kier molecular flexibility index (Phi) is 7.62. The standard InChI is InChI=1S/C12H13Cl3N2O3S/c13-6-3-7(14)11(8(15)4-6)17-10(18)5-21-2-1-9(16)12(19)20/h3-4,9H,1-2,5,16H2,(H,17,18)(H,19,20). The monoisotopic (exact) mass is 370 g/mol. The predicted molar refractivity (Wildman–Crippen MR) is 87.7 cm³/mol. The van der Waals surface area contributed by atoms with Crippen molar-refractivity contribution in [1.82, 2.24) is 0 Å². The first-order valence-corrected chi connectivity index (χ1v) is 8.10. The number of anilines is 1. The molecule has 1 aromatic rings. The maximum atomic E-state index is 11.8. The van der Waals surface area contributed by atoms with Crippen LogP contribution < -0.4 is 11.1 Å². The molecule has 0 heterocycles. The van der Waals surface area contributed by atoms with Crippen LogP contribution in [-0.4, -0.2) is 34.5 Å². The molecular formula is C12H13Cl3N2O3S. The minimum Gasteiger partial charge on any atom is -0.480 e. The van der Waals surface area contributed by atoms with Crippen molar-refractivity contribution >= 4 is 64.1 Å². The lowest BCUT2D eigenvalue weighted by Crippen LogP contribution is -2.30. The van der Waals surface area contributed by atoms with E-state index in [4.69, 9.17) is 45.6 Å². The quantitative estimate of drug-likeness (QED) is 0.640. The third-order valence-electron chi connectivity index (χ3n) is 2.39. The summed E-state index contributed by atoms with van der Waals surface area (Å²) in [5, 5.41) is 12.1. The van der Waals surface area contributed by atoms with Crippen LogP contribution in [0.4, 0.5) is 5.69 Å². The number of nitrogens with two attached hydrogens (primary N) is 1. The molecule has 0 aromatic heterocycles. The van der Waals surface area contributed by atoms with E-state index in [1.54, 1.807) is 0 Å². The van der Waals surface area contributed by atoms with Crippen molar-refractivity contribution in [2.75, 3.05) is 16.8 Å². The van der Waals surface area contributed by atoms with Crippen LogP contribution in [0.1, 0.15) is 6.42 Å². The summed E-state index contributed by atoms with van der Waals surface area (Å²) in [5.41, 5.74) is 5.65. The van der Waals surface area contributed by atoms with Gasteiger partial charge in [-0.05, 0) is 24.3 Å². The van der Waals surface area contributed by atoms with E-state index in [-0.39, 0.29) is 28.1 Å². The van der Waals surface area contributed by atoms with E-state index in [1.165, 1.54) is 23.9 Å². The molecule has 0 radical (unpaired) electrons. The molecule has 0 fully saturated rings. The number of hydrogen-bond donors (Lipinski definition) is 3. The third kappa shape index (κ3) is 6.32. The lowest BCUT2D eigenvalue weighted by Gasteiger charge is -2.10. The number of amides is 1. The van der Waals surface area contributed by atoms with Crippen molar-refractivity contribution in [2.24, 2.45) is 5.73 Å². The fraction of sp³-hybridized carbons (Fsp3) is 0.333. The zero-order chi connectivity index (χ0) is 16.0. The molecule has 0 saturated heterocycles. The molecule has 1 amide bonds. The van der Waals surface area contributed by atoms with Gasteiger partial charge in [0.1, 0.15) is 6.04 Å². The summed E-state index contributed by atoms with van der Waals surface area (Å²) in [6.45, 7) is 0. The first-order chi connectivity index (χ1) is 9.81. The van der Waals surface area contributed by atoms with Gasteiger partial charge in [-0.15, -0.1) is 0 Å². The number of aliphatic carboxylic acids is 1. The van der Waals surface area contributed by atoms with Gasteiger partial charge in [-0.3, -0.25) is 9.59 Å². The highest BCUT2D eigenvalue weighted by Crippen LogP contribution is 2.33. The summed E-state index contributed by atoms with van der Waals surface area (Å²) in [4.78, 5) is 22.3. The van der Waals surface area contributed by atoms with Gasteiger partial charge in [0.15, 0.2) is 0 Å². The van der Waals surface area contributed by atoms with Gasteiger partial charge in [-0.2, -0.15) is 11.8 Å². The van der Waals surface area contributed by atoms with Gasteiger partial charge in [0.25, 0.3) is 0 Å². The second-order valence-electron chi connectivity index (χ2n) is 4.08. The Bertz CT molecular complexity index is 519. The average Bonchev–Trinajstić information content (AvgIpc) is 2.38. The van der Waals surface area contributed by atoms with E-state index in [1.807, 2.05) is 0 Å². The Labute approximate surface area is 141 Å². The van der Waals surface area contributed by atoms with Gasteiger partial charge in [0.05, 0.1) is 21.5 Å². The van der Waals surface area contributed by atoms with Gasteiger partial charge in [-0.1, -0.05) is 34.8 Å². The Morgan fingerprint density at radius 2 is 1.86 bits per heavy atom. The van der Waals surface area contributed by atoms with E-state index in [2.05, 4.69) is 5.32 Å². The van der Waals surface area contributed by atoms with Crippen LogP contribution in [0, 0.1) is 0 Å². The number of carbonyl (C=O) groups excluding carboxylic acids is 1. The fourth-order valence-electron chi connectivity index (χ4n) is 1.34. The van der Waals surface area contributed by atoms with Crippen LogP contribution in [0.5, 0.6) is 0 Å². The number of halogens is 3. The minimum atomic E-state index is -1.06. The molecule has 0 saturated carbocycles. The van der Waals surface area contributed by atoms with E-state index in [0.717, 1.165) is 0 Å². The molecule has 4 N–H and O–H groups in total. The Morgan fingerprint density at radius 3 is 2.38 bits per heavy atom. The summed E-state index contributed by atoms with van der Waals surface area (Å²) in [6.07, 6.45) is 0.287.